The Labute approximate surface area is 122 Å². The van der Waals surface area contributed by atoms with Crippen LogP contribution in [0.25, 0.3) is 0 Å². The zero-order chi connectivity index (χ0) is 13.7. The molecular formula is C16H25NSSi. The van der Waals surface area contributed by atoms with Crippen molar-refractivity contribution < 1.29 is 0 Å². The minimum absolute atomic E-state index is 0.802. The molecule has 1 nitrogen and oxygen atoms in total. The van der Waals surface area contributed by atoms with Gasteiger partial charge in [0.1, 0.15) is 7.22 Å². The van der Waals surface area contributed by atoms with Gasteiger partial charge in [-0.15, -0.1) is 0 Å². The molecule has 0 saturated heterocycles. The minimum atomic E-state index is -1.03. The largest absolute Gasteiger partial charge is 0.258 e. The van der Waals surface area contributed by atoms with E-state index in [1.54, 1.807) is 0 Å². The lowest BCUT2D eigenvalue weighted by Crippen LogP contribution is -2.21. The average Bonchev–Trinajstić information content (AvgIpc) is 2.53. The summed E-state index contributed by atoms with van der Waals surface area (Å²) < 4.78 is 0. The number of nitrogens with zero attached hydrogens (tertiary/aromatic N) is 1. The van der Waals surface area contributed by atoms with Gasteiger partial charge in [0.15, 0.2) is 0 Å². The molecule has 1 saturated carbocycles. The molecule has 0 aliphatic heterocycles. The summed E-state index contributed by atoms with van der Waals surface area (Å²) in [5.41, 5.74) is 2.54. The molecule has 19 heavy (non-hydrogen) atoms. The van der Waals surface area contributed by atoms with Crippen molar-refractivity contribution >= 4 is 29.8 Å². The summed E-state index contributed by atoms with van der Waals surface area (Å²) >= 11 is 2.26. The van der Waals surface area contributed by atoms with E-state index in [0.717, 1.165) is 10.9 Å². The van der Waals surface area contributed by atoms with Gasteiger partial charge in [-0.25, -0.2) is 0 Å². The summed E-state index contributed by atoms with van der Waals surface area (Å²) in [5, 5.41) is 0.802. The molecule has 0 radical (unpaired) electrons. The molecule has 0 amide bonds. The molecule has 1 aromatic carbocycles. The Hall–Kier alpha value is -0.543. The van der Waals surface area contributed by atoms with Gasteiger partial charge in [0, 0.05) is 11.0 Å². The van der Waals surface area contributed by atoms with Crippen molar-refractivity contribution in [3.8, 4) is 0 Å². The normalized spacial score (nSPS) is 23.3. The van der Waals surface area contributed by atoms with Crippen molar-refractivity contribution in [1.29, 1.82) is 0 Å². The lowest BCUT2D eigenvalue weighted by Gasteiger charge is -2.23. The summed E-state index contributed by atoms with van der Waals surface area (Å²) in [6, 6.07) is 10.4. The smallest absolute Gasteiger partial charge is 0.108 e. The van der Waals surface area contributed by atoms with Crippen LogP contribution in [-0.2, 0) is 0 Å². The first-order valence-electron chi connectivity index (χ1n) is 7.32. The molecule has 0 bridgehead atoms. The van der Waals surface area contributed by atoms with E-state index < -0.39 is 7.22 Å². The second-order valence-electron chi connectivity index (χ2n) is 6.32. The zero-order valence-corrected chi connectivity index (χ0v) is 14.2. The van der Waals surface area contributed by atoms with Crippen molar-refractivity contribution in [2.24, 2.45) is 4.99 Å². The van der Waals surface area contributed by atoms with E-state index in [1.165, 1.54) is 37.8 Å². The van der Waals surface area contributed by atoms with Crippen LogP contribution in [-0.4, -0.2) is 18.2 Å². The van der Waals surface area contributed by atoms with Crippen LogP contribution in [0.3, 0.4) is 0 Å². The van der Waals surface area contributed by atoms with Crippen LogP contribution in [0.4, 0.5) is 5.69 Å². The third-order valence-electron chi connectivity index (χ3n) is 3.27. The van der Waals surface area contributed by atoms with Gasteiger partial charge in [0.2, 0.25) is 0 Å². The first-order chi connectivity index (χ1) is 9.03. The second-order valence-corrected chi connectivity index (χ2v) is 15.8. The molecule has 1 aliphatic carbocycles. The molecule has 1 atom stereocenters. The van der Waals surface area contributed by atoms with Crippen molar-refractivity contribution in [3.05, 3.63) is 30.3 Å². The molecule has 1 fully saturated rings. The Kier molecular flexibility index (Phi) is 5.28. The molecule has 104 valence electrons. The van der Waals surface area contributed by atoms with E-state index in [0.29, 0.717) is 0 Å². The van der Waals surface area contributed by atoms with E-state index in [-0.39, 0.29) is 0 Å². The van der Waals surface area contributed by atoms with Gasteiger partial charge in [-0.05, 0) is 37.8 Å². The quantitative estimate of drug-likeness (QED) is 0.517. The SMILES string of the molecule is C[Si](C)(C)SC1CCCC/C(=N\c2ccccc2)C1. The van der Waals surface area contributed by atoms with Gasteiger partial charge in [-0.2, -0.15) is 11.2 Å². The van der Waals surface area contributed by atoms with Crippen molar-refractivity contribution in [1.82, 2.24) is 0 Å². The average molecular weight is 292 g/mol. The van der Waals surface area contributed by atoms with Crippen molar-refractivity contribution in [3.63, 3.8) is 0 Å². The van der Waals surface area contributed by atoms with Gasteiger partial charge < -0.3 is 0 Å². The van der Waals surface area contributed by atoms with E-state index in [4.69, 9.17) is 4.99 Å². The number of hydrogen-bond acceptors (Lipinski definition) is 2. The topological polar surface area (TPSA) is 12.4 Å². The minimum Gasteiger partial charge on any atom is -0.258 e. The Bertz CT molecular complexity index is 422. The molecule has 0 aromatic heterocycles. The lowest BCUT2D eigenvalue weighted by atomic mass is 10.1. The highest BCUT2D eigenvalue weighted by Crippen LogP contribution is 2.33. The highest BCUT2D eigenvalue weighted by molar-refractivity contribution is 8.29. The molecular weight excluding hydrogens is 266 g/mol. The second kappa shape index (κ2) is 6.75. The first-order valence-corrected chi connectivity index (χ1v) is 12.4. The predicted octanol–water partition coefficient (Wildman–Crippen LogP) is 5.66. The van der Waals surface area contributed by atoms with Gasteiger partial charge in [-0.1, -0.05) is 44.3 Å². The Morgan fingerprint density at radius 2 is 1.84 bits per heavy atom. The highest BCUT2D eigenvalue weighted by atomic mass is 32.4. The zero-order valence-electron chi connectivity index (χ0n) is 12.4. The summed E-state index contributed by atoms with van der Waals surface area (Å²) in [7, 11) is -1.03. The molecule has 0 spiro atoms. The van der Waals surface area contributed by atoms with Crippen molar-refractivity contribution in [2.75, 3.05) is 0 Å². The molecule has 1 unspecified atom stereocenters. The molecule has 2 rings (SSSR count). The van der Waals surface area contributed by atoms with E-state index >= 15 is 0 Å². The highest BCUT2D eigenvalue weighted by Gasteiger charge is 2.23. The predicted molar refractivity (Wildman–Crippen MR) is 91.3 cm³/mol. The summed E-state index contributed by atoms with van der Waals surface area (Å²) in [4.78, 5) is 4.88. The first kappa shape index (κ1) is 14.9. The van der Waals surface area contributed by atoms with Gasteiger partial charge in [0.05, 0.1) is 5.69 Å². The third-order valence-corrected chi connectivity index (χ3v) is 7.83. The number of rotatable bonds is 3. The number of para-hydroxylation sites is 1. The van der Waals surface area contributed by atoms with Crippen LogP contribution in [0, 0.1) is 0 Å². The van der Waals surface area contributed by atoms with Crippen molar-refractivity contribution in [2.45, 2.75) is 57.0 Å². The van der Waals surface area contributed by atoms with Gasteiger partial charge in [-0.3, -0.25) is 4.99 Å². The van der Waals surface area contributed by atoms with Crippen LogP contribution in [0.2, 0.25) is 19.6 Å². The van der Waals surface area contributed by atoms with E-state index in [9.17, 15) is 0 Å². The van der Waals surface area contributed by atoms with Gasteiger partial charge in [0.25, 0.3) is 0 Å². The summed E-state index contributed by atoms with van der Waals surface area (Å²) in [6.45, 7) is 7.36. The number of aliphatic imine (C=N–C) groups is 1. The summed E-state index contributed by atoms with van der Waals surface area (Å²) in [6.07, 6.45) is 6.45. The van der Waals surface area contributed by atoms with E-state index in [1.807, 2.05) is 0 Å². The molecule has 0 N–H and O–H groups in total. The Morgan fingerprint density at radius 1 is 1.11 bits per heavy atom. The van der Waals surface area contributed by atoms with Crippen LogP contribution in [0.15, 0.2) is 35.3 Å². The maximum Gasteiger partial charge on any atom is 0.108 e. The number of hydrogen-bond donors (Lipinski definition) is 0. The monoisotopic (exact) mass is 291 g/mol. The fourth-order valence-corrected chi connectivity index (χ4v) is 7.72. The van der Waals surface area contributed by atoms with Gasteiger partial charge >= 0.3 is 0 Å². The number of benzene rings is 1. The maximum atomic E-state index is 4.88. The molecule has 1 aliphatic rings. The van der Waals surface area contributed by atoms with Crippen LogP contribution in [0.5, 0.6) is 0 Å². The summed E-state index contributed by atoms with van der Waals surface area (Å²) in [5.74, 6) is 0. The molecule has 1 aromatic rings. The van der Waals surface area contributed by atoms with Crippen LogP contribution in [0.1, 0.15) is 32.1 Å². The fraction of sp³-hybridized carbons (Fsp3) is 0.562. The fourth-order valence-electron chi connectivity index (χ4n) is 2.56. The molecule has 3 heteroatoms. The van der Waals surface area contributed by atoms with Crippen LogP contribution >= 0.6 is 11.2 Å². The molecule has 0 heterocycles. The maximum absolute atomic E-state index is 4.88. The van der Waals surface area contributed by atoms with Crippen LogP contribution < -0.4 is 0 Å². The Morgan fingerprint density at radius 3 is 2.53 bits per heavy atom. The Balaban J connectivity index is 2.06. The standard InChI is InChI=1S/C16H25NSSi/c1-19(2,3)18-16-12-8-7-11-15(13-16)17-14-9-5-4-6-10-14/h4-6,9-10,16H,7-8,11-13H2,1-3H3/b17-15+. The third kappa shape index (κ3) is 5.53. The lowest BCUT2D eigenvalue weighted by molar-refractivity contribution is 0.714. The van der Waals surface area contributed by atoms with E-state index in [2.05, 4.69) is 61.2 Å².